The minimum atomic E-state index is 0.108. The number of nitrogens with two attached hydrogens (primary N) is 1. The Morgan fingerprint density at radius 3 is 3.07 bits per heavy atom. The fourth-order valence-electron chi connectivity index (χ4n) is 1.34. The molecule has 0 aromatic carbocycles. The third-order valence-corrected chi connectivity index (χ3v) is 2.18. The lowest BCUT2D eigenvalue weighted by Gasteiger charge is -2.04. The molecule has 0 aliphatic heterocycles. The lowest BCUT2D eigenvalue weighted by Crippen LogP contribution is -2.05. The van der Waals surface area contributed by atoms with Crippen LogP contribution < -0.4 is 5.73 Å². The average Bonchev–Trinajstić information content (AvgIpc) is 2.58. The standard InChI is InChI=1S/C8H10ClN5O/c1-15-3-2-14-4-11-7-5(14)6(10)12-8(9)13-7/h4H,2-3H2,1H3,(H2,10,12,13). The van der Waals surface area contributed by atoms with Gasteiger partial charge in [0.25, 0.3) is 0 Å². The Morgan fingerprint density at radius 2 is 2.33 bits per heavy atom. The van der Waals surface area contributed by atoms with Crippen molar-refractivity contribution in [2.45, 2.75) is 6.54 Å². The van der Waals surface area contributed by atoms with Crippen LogP contribution in [0.15, 0.2) is 6.33 Å². The predicted molar refractivity (Wildman–Crippen MR) is 56.6 cm³/mol. The fourth-order valence-corrected chi connectivity index (χ4v) is 1.51. The molecule has 2 aromatic heterocycles. The number of fused-ring (bicyclic) bond motifs is 1. The molecule has 0 saturated carbocycles. The van der Waals surface area contributed by atoms with Crippen LogP contribution in [0.1, 0.15) is 0 Å². The normalized spacial score (nSPS) is 11.1. The SMILES string of the molecule is COCCn1cnc2nc(Cl)nc(N)c21. The van der Waals surface area contributed by atoms with E-state index in [0.29, 0.717) is 30.1 Å². The number of anilines is 1. The Hall–Kier alpha value is -1.40. The molecule has 7 heteroatoms. The molecule has 0 saturated heterocycles. The molecule has 0 aliphatic rings. The van der Waals surface area contributed by atoms with E-state index in [2.05, 4.69) is 15.0 Å². The third kappa shape index (κ3) is 1.86. The van der Waals surface area contributed by atoms with E-state index in [1.807, 2.05) is 4.57 Å². The lowest BCUT2D eigenvalue weighted by atomic mass is 10.5. The van der Waals surface area contributed by atoms with E-state index in [0.717, 1.165) is 0 Å². The van der Waals surface area contributed by atoms with Gasteiger partial charge >= 0.3 is 0 Å². The third-order valence-electron chi connectivity index (χ3n) is 2.01. The predicted octanol–water partition coefficient (Wildman–Crippen LogP) is 0.708. The summed E-state index contributed by atoms with van der Waals surface area (Å²) in [5, 5.41) is 0.108. The molecule has 0 radical (unpaired) electrons. The Balaban J connectivity index is 2.49. The van der Waals surface area contributed by atoms with E-state index in [9.17, 15) is 0 Å². The molecule has 0 atom stereocenters. The number of halogens is 1. The summed E-state index contributed by atoms with van der Waals surface area (Å²) in [6, 6.07) is 0. The van der Waals surface area contributed by atoms with Gasteiger partial charge in [0.2, 0.25) is 5.28 Å². The molecule has 2 N–H and O–H groups in total. The second-order valence-electron chi connectivity index (χ2n) is 2.98. The number of nitrogens with zero attached hydrogens (tertiary/aromatic N) is 4. The van der Waals surface area contributed by atoms with Crippen molar-refractivity contribution < 1.29 is 4.74 Å². The van der Waals surface area contributed by atoms with Crippen molar-refractivity contribution in [2.24, 2.45) is 0 Å². The minimum Gasteiger partial charge on any atom is -0.383 e. The second kappa shape index (κ2) is 4.00. The maximum atomic E-state index is 5.74. The Labute approximate surface area is 91.0 Å². The second-order valence-corrected chi connectivity index (χ2v) is 3.32. The Morgan fingerprint density at radius 1 is 1.53 bits per heavy atom. The Bertz CT molecular complexity index is 483. The van der Waals surface area contributed by atoms with Gasteiger partial charge in [-0.15, -0.1) is 0 Å². The highest BCUT2D eigenvalue weighted by molar-refractivity contribution is 6.28. The van der Waals surface area contributed by atoms with Gasteiger partial charge in [-0.3, -0.25) is 0 Å². The number of ether oxygens (including phenoxy) is 1. The van der Waals surface area contributed by atoms with Crippen molar-refractivity contribution in [3.05, 3.63) is 11.6 Å². The summed E-state index contributed by atoms with van der Waals surface area (Å²) in [5.41, 5.74) is 6.93. The molecule has 0 bridgehead atoms. The van der Waals surface area contributed by atoms with E-state index in [-0.39, 0.29) is 5.28 Å². The maximum absolute atomic E-state index is 5.74. The largest absolute Gasteiger partial charge is 0.383 e. The maximum Gasteiger partial charge on any atom is 0.226 e. The van der Waals surface area contributed by atoms with Gasteiger partial charge in [-0.05, 0) is 11.6 Å². The quantitative estimate of drug-likeness (QED) is 0.782. The molecule has 6 nitrogen and oxygen atoms in total. The summed E-state index contributed by atoms with van der Waals surface area (Å²) in [4.78, 5) is 11.9. The van der Waals surface area contributed by atoms with Crippen LogP contribution in [-0.2, 0) is 11.3 Å². The topological polar surface area (TPSA) is 78.8 Å². The molecule has 2 aromatic rings. The molecular weight excluding hydrogens is 218 g/mol. The van der Waals surface area contributed by atoms with Gasteiger partial charge in [-0.25, -0.2) is 4.98 Å². The fraction of sp³-hybridized carbons (Fsp3) is 0.375. The number of nitrogen functional groups attached to an aromatic ring is 1. The van der Waals surface area contributed by atoms with Crippen molar-refractivity contribution in [2.75, 3.05) is 19.5 Å². The van der Waals surface area contributed by atoms with Gasteiger partial charge in [0, 0.05) is 13.7 Å². The first-order chi connectivity index (χ1) is 7.22. The van der Waals surface area contributed by atoms with Gasteiger partial charge < -0.3 is 15.0 Å². The monoisotopic (exact) mass is 227 g/mol. The van der Waals surface area contributed by atoms with Gasteiger partial charge in [0.15, 0.2) is 11.5 Å². The summed E-state index contributed by atoms with van der Waals surface area (Å²) < 4.78 is 6.81. The van der Waals surface area contributed by atoms with Crippen molar-refractivity contribution in [1.82, 2.24) is 19.5 Å². The van der Waals surface area contributed by atoms with Crippen molar-refractivity contribution in [3.8, 4) is 0 Å². The summed E-state index contributed by atoms with van der Waals surface area (Å²) in [6.07, 6.45) is 1.64. The van der Waals surface area contributed by atoms with E-state index >= 15 is 0 Å². The number of hydrogen-bond donors (Lipinski definition) is 1. The molecule has 0 fully saturated rings. The summed E-state index contributed by atoms with van der Waals surface area (Å²) in [6.45, 7) is 1.23. The van der Waals surface area contributed by atoms with Crippen LogP contribution >= 0.6 is 11.6 Å². The van der Waals surface area contributed by atoms with E-state index < -0.39 is 0 Å². The highest BCUT2D eigenvalue weighted by atomic mass is 35.5. The zero-order chi connectivity index (χ0) is 10.8. The number of aromatic nitrogens is 4. The smallest absolute Gasteiger partial charge is 0.226 e. The van der Waals surface area contributed by atoms with Crippen molar-refractivity contribution in [1.29, 1.82) is 0 Å². The number of imidazole rings is 1. The molecule has 80 valence electrons. The average molecular weight is 228 g/mol. The highest BCUT2D eigenvalue weighted by Crippen LogP contribution is 2.18. The van der Waals surface area contributed by atoms with Crippen molar-refractivity contribution in [3.63, 3.8) is 0 Å². The first-order valence-electron chi connectivity index (χ1n) is 4.35. The summed E-state index contributed by atoms with van der Waals surface area (Å²) >= 11 is 5.66. The summed E-state index contributed by atoms with van der Waals surface area (Å²) in [5.74, 6) is 0.332. The molecule has 0 unspecified atom stereocenters. The van der Waals surface area contributed by atoms with Crippen LogP contribution in [0.5, 0.6) is 0 Å². The van der Waals surface area contributed by atoms with Crippen LogP contribution in [0.3, 0.4) is 0 Å². The van der Waals surface area contributed by atoms with Crippen molar-refractivity contribution >= 4 is 28.6 Å². The highest BCUT2D eigenvalue weighted by Gasteiger charge is 2.09. The molecule has 0 aliphatic carbocycles. The van der Waals surface area contributed by atoms with Gasteiger partial charge in [0.05, 0.1) is 12.9 Å². The minimum absolute atomic E-state index is 0.108. The van der Waals surface area contributed by atoms with Gasteiger partial charge in [-0.2, -0.15) is 9.97 Å². The van der Waals surface area contributed by atoms with Crippen LogP contribution in [0.2, 0.25) is 5.28 Å². The van der Waals surface area contributed by atoms with Crippen LogP contribution in [0.25, 0.3) is 11.2 Å². The first-order valence-corrected chi connectivity index (χ1v) is 4.73. The van der Waals surface area contributed by atoms with E-state index in [1.165, 1.54) is 0 Å². The van der Waals surface area contributed by atoms with Gasteiger partial charge in [-0.1, -0.05) is 0 Å². The number of hydrogen-bond acceptors (Lipinski definition) is 5. The van der Waals surface area contributed by atoms with Gasteiger partial charge in [0.1, 0.15) is 5.52 Å². The van der Waals surface area contributed by atoms with Crippen LogP contribution in [-0.4, -0.2) is 33.2 Å². The molecule has 15 heavy (non-hydrogen) atoms. The first kappa shape index (κ1) is 10.1. The Kier molecular flexibility index (Phi) is 2.70. The lowest BCUT2D eigenvalue weighted by molar-refractivity contribution is 0.188. The molecule has 2 heterocycles. The zero-order valence-electron chi connectivity index (χ0n) is 8.14. The number of rotatable bonds is 3. The molecule has 0 amide bonds. The van der Waals surface area contributed by atoms with Crippen LogP contribution in [0, 0.1) is 0 Å². The van der Waals surface area contributed by atoms with E-state index in [1.54, 1.807) is 13.4 Å². The molecule has 0 spiro atoms. The number of methoxy groups -OCH3 is 1. The summed E-state index contributed by atoms with van der Waals surface area (Å²) in [7, 11) is 1.63. The van der Waals surface area contributed by atoms with E-state index in [4.69, 9.17) is 22.1 Å². The zero-order valence-corrected chi connectivity index (χ0v) is 8.90. The molecular formula is C8H10ClN5O. The molecule has 2 rings (SSSR count). The van der Waals surface area contributed by atoms with Crippen LogP contribution in [0.4, 0.5) is 5.82 Å².